The number of carbonyl (C=O) groups is 2. The summed E-state index contributed by atoms with van der Waals surface area (Å²) in [6.45, 7) is -0.353. The van der Waals surface area contributed by atoms with Gasteiger partial charge in [0.25, 0.3) is 0 Å². The molecule has 1 aromatic heterocycles. The van der Waals surface area contributed by atoms with Gasteiger partial charge in [-0.3, -0.25) is 4.79 Å². The Hall–Kier alpha value is -1.89. The Bertz CT molecular complexity index is 402. The van der Waals surface area contributed by atoms with E-state index in [2.05, 4.69) is 4.98 Å². The molecule has 0 aliphatic carbocycles. The van der Waals surface area contributed by atoms with Gasteiger partial charge in [0.05, 0.1) is 6.54 Å². The van der Waals surface area contributed by atoms with Crippen LogP contribution in [0, 0.1) is 0 Å². The lowest BCUT2D eigenvalue weighted by Crippen LogP contribution is -2.31. The molecule has 0 fully saturated rings. The molecule has 0 aliphatic rings. The summed E-state index contributed by atoms with van der Waals surface area (Å²) < 4.78 is 6.52. The van der Waals surface area contributed by atoms with Crippen molar-refractivity contribution in [1.82, 2.24) is 14.5 Å². The first-order chi connectivity index (χ1) is 8.00. The Balaban J connectivity index is 2.37. The topological polar surface area (TPSA) is 84.7 Å². The standard InChI is InChI=1S/C10H15N3O4/c1-12-4-3-11-8(12)5-13(2)9(14)6-17-7-10(15)16/h3-4H,5-7H2,1-2H3,(H,15,16). The van der Waals surface area contributed by atoms with E-state index in [1.165, 1.54) is 4.90 Å². The minimum atomic E-state index is -1.09. The number of carboxylic acid groups (broad SMARTS) is 1. The highest BCUT2D eigenvalue weighted by molar-refractivity contribution is 5.77. The fourth-order valence-electron chi connectivity index (χ4n) is 1.18. The van der Waals surface area contributed by atoms with Crippen molar-refractivity contribution in [2.45, 2.75) is 6.54 Å². The van der Waals surface area contributed by atoms with Crippen LogP contribution >= 0.6 is 0 Å². The average Bonchev–Trinajstić information content (AvgIpc) is 2.63. The molecule has 0 aliphatic heterocycles. The van der Waals surface area contributed by atoms with Crippen molar-refractivity contribution in [2.75, 3.05) is 20.3 Å². The molecular weight excluding hydrogens is 226 g/mol. The summed E-state index contributed by atoms with van der Waals surface area (Å²) in [6.07, 6.45) is 3.43. The van der Waals surface area contributed by atoms with Crippen molar-refractivity contribution < 1.29 is 19.4 Å². The smallest absolute Gasteiger partial charge is 0.329 e. The fourth-order valence-corrected chi connectivity index (χ4v) is 1.18. The van der Waals surface area contributed by atoms with Gasteiger partial charge in [-0.15, -0.1) is 0 Å². The molecule has 1 heterocycles. The Kier molecular flexibility index (Phi) is 4.65. The summed E-state index contributed by atoms with van der Waals surface area (Å²) in [6, 6.07) is 0. The van der Waals surface area contributed by atoms with E-state index in [4.69, 9.17) is 9.84 Å². The van der Waals surface area contributed by atoms with Crippen LogP contribution in [-0.4, -0.2) is 51.7 Å². The SMILES string of the molecule is CN(Cc1nccn1C)C(=O)COCC(=O)O. The van der Waals surface area contributed by atoms with Gasteiger partial charge in [-0.05, 0) is 0 Å². The maximum absolute atomic E-state index is 11.5. The van der Waals surface area contributed by atoms with E-state index in [0.29, 0.717) is 6.54 Å². The highest BCUT2D eigenvalue weighted by Crippen LogP contribution is 1.99. The average molecular weight is 241 g/mol. The Labute approximate surface area is 98.6 Å². The fraction of sp³-hybridized carbons (Fsp3) is 0.500. The Morgan fingerprint density at radius 2 is 2.24 bits per heavy atom. The number of aliphatic carboxylic acids is 1. The van der Waals surface area contributed by atoms with Crippen LogP contribution in [-0.2, 0) is 27.9 Å². The maximum Gasteiger partial charge on any atom is 0.329 e. The van der Waals surface area contributed by atoms with Crippen LogP contribution < -0.4 is 0 Å². The summed E-state index contributed by atoms with van der Waals surface area (Å²) in [5.41, 5.74) is 0. The summed E-state index contributed by atoms with van der Waals surface area (Å²) in [5.74, 6) is -0.627. The van der Waals surface area contributed by atoms with E-state index in [1.54, 1.807) is 19.4 Å². The number of imidazole rings is 1. The summed E-state index contributed by atoms with van der Waals surface area (Å²) >= 11 is 0. The lowest BCUT2D eigenvalue weighted by atomic mass is 10.5. The predicted octanol–water partition coefficient (Wildman–Crippen LogP) is -0.520. The molecule has 0 unspecified atom stereocenters. The highest BCUT2D eigenvalue weighted by atomic mass is 16.5. The molecule has 1 aromatic rings. The molecule has 17 heavy (non-hydrogen) atoms. The van der Waals surface area contributed by atoms with Crippen molar-refractivity contribution in [3.63, 3.8) is 0 Å². The number of carbonyl (C=O) groups excluding carboxylic acids is 1. The summed E-state index contributed by atoms with van der Waals surface area (Å²) in [5, 5.41) is 8.35. The molecule has 0 atom stereocenters. The van der Waals surface area contributed by atoms with Gasteiger partial charge in [-0.1, -0.05) is 0 Å². The zero-order valence-electron chi connectivity index (χ0n) is 9.79. The van der Waals surface area contributed by atoms with E-state index < -0.39 is 12.6 Å². The lowest BCUT2D eigenvalue weighted by Gasteiger charge is -2.16. The number of likely N-dealkylation sites (N-methyl/N-ethyl adjacent to an activating group) is 1. The lowest BCUT2D eigenvalue weighted by molar-refractivity contribution is -0.145. The minimum Gasteiger partial charge on any atom is -0.480 e. The molecule has 0 saturated heterocycles. The number of aryl methyl sites for hydroxylation is 1. The summed E-state index contributed by atoms with van der Waals surface area (Å²) in [7, 11) is 3.45. The normalized spacial score (nSPS) is 10.2. The molecule has 1 N–H and O–H groups in total. The first-order valence-corrected chi connectivity index (χ1v) is 5.00. The third-order valence-corrected chi connectivity index (χ3v) is 2.18. The molecular formula is C10H15N3O4. The molecule has 0 aromatic carbocycles. The van der Waals surface area contributed by atoms with Gasteiger partial charge in [0.2, 0.25) is 5.91 Å². The van der Waals surface area contributed by atoms with E-state index in [9.17, 15) is 9.59 Å². The molecule has 7 heteroatoms. The molecule has 94 valence electrons. The molecule has 1 amide bonds. The van der Waals surface area contributed by atoms with Gasteiger partial charge >= 0.3 is 5.97 Å². The van der Waals surface area contributed by atoms with Crippen LogP contribution in [0.1, 0.15) is 5.82 Å². The van der Waals surface area contributed by atoms with Gasteiger partial charge in [0, 0.05) is 26.5 Å². The van der Waals surface area contributed by atoms with Crippen LogP contribution in [0.5, 0.6) is 0 Å². The van der Waals surface area contributed by atoms with Crippen molar-refractivity contribution in [3.8, 4) is 0 Å². The second kappa shape index (κ2) is 6.00. The van der Waals surface area contributed by atoms with Crippen molar-refractivity contribution in [1.29, 1.82) is 0 Å². The van der Waals surface area contributed by atoms with Crippen LogP contribution in [0.25, 0.3) is 0 Å². The Morgan fingerprint density at radius 3 is 2.76 bits per heavy atom. The minimum absolute atomic E-state index is 0.243. The number of nitrogens with zero attached hydrogens (tertiary/aromatic N) is 3. The molecule has 1 rings (SSSR count). The maximum atomic E-state index is 11.5. The molecule has 7 nitrogen and oxygen atoms in total. The number of carboxylic acids is 1. The largest absolute Gasteiger partial charge is 0.480 e. The second-order valence-electron chi connectivity index (χ2n) is 3.59. The van der Waals surface area contributed by atoms with E-state index in [-0.39, 0.29) is 12.5 Å². The highest BCUT2D eigenvalue weighted by Gasteiger charge is 2.12. The number of ether oxygens (including phenoxy) is 1. The van der Waals surface area contributed by atoms with Crippen molar-refractivity contribution in [2.24, 2.45) is 7.05 Å². The van der Waals surface area contributed by atoms with Crippen molar-refractivity contribution >= 4 is 11.9 Å². The second-order valence-corrected chi connectivity index (χ2v) is 3.59. The number of rotatable bonds is 6. The van der Waals surface area contributed by atoms with E-state index in [0.717, 1.165) is 5.82 Å². The van der Waals surface area contributed by atoms with Gasteiger partial charge in [-0.2, -0.15) is 0 Å². The van der Waals surface area contributed by atoms with E-state index in [1.807, 2.05) is 11.6 Å². The van der Waals surface area contributed by atoms with Gasteiger partial charge in [0.15, 0.2) is 0 Å². The van der Waals surface area contributed by atoms with Gasteiger partial charge in [-0.25, -0.2) is 9.78 Å². The Morgan fingerprint density at radius 1 is 1.53 bits per heavy atom. The quantitative estimate of drug-likeness (QED) is 0.724. The molecule has 0 spiro atoms. The monoisotopic (exact) mass is 241 g/mol. The zero-order chi connectivity index (χ0) is 12.8. The van der Waals surface area contributed by atoms with E-state index >= 15 is 0 Å². The van der Waals surface area contributed by atoms with Gasteiger partial charge < -0.3 is 19.3 Å². The first kappa shape index (κ1) is 13.2. The van der Waals surface area contributed by atoms with Crippen LogP contribution in [0.2, 0.25) is 0 Å². The van der Waals surface area contributed by atoms with Gasteiger partial charge in [0.1, 0.15) is 19.0 Å². The predicted molar refractivity (Wildman–Crippen MR) is 58.1 cm³/mol. The number of hydrogen-bond acceptors (Lipinski definition) is 4. The molecule has 0 bridgehead atoms. The van der Waals surface area contributed by atoms with Crippen LogP contribution in [0.4, 0.5) is 0 Å². The number of aromatic nitrogens is 2. The number of amides is 1. The van der Waals surface area contributed by atoms with Crippen LogP contribution in [0.3, 0.4) is 0 Å². The first-order valence-electron chi connectivity index (χ1n) is 5.00. The third-order valence-electron chi connectivity index (χ3n) is 2.18. The van der Waals surface area contributed by atoms with Crippen molar-refractivity contribution in [3.05, 3.63) is 18.2 Å². The third kappa shape index (κ3) is 4.23. The summed E-state index contributed by atoms with van der Waals surface area (Å²) in [4.78, 5) is 27.2. The molecule has 0 saturated carbocycles. The molecule has 0 radical (unpaired) electrons. The van der Waals surface area contributed by atoms with Crippen LogP contribution in [0.15, 0.2) is 12.4 Å². The number of hydrogen-bond donors (Lipinski definition) is 1. The zero-order valence-corrected chi connectivity index (χ0v) is 9.79.